The maximum absolute atomic E-state index is 14.1. The highest BCUT2D eigenvalue weighted by molar-refractivity contribution is 7.23. The lowest BCUT2D eigenvalue weighted by atomic mass is 9.90. The molecular formula is C35H36N6O4S. The Bertz CT molecular complexity index is 1930. The fourth-order valence-corrected chi connectivity index (χ4v) is 8.34. The van der Waals surface area contributed by atoms with Crippen molar-refractivity contribution in [1.82, 2.24) is 25.1 Å². The number of nitrogens with zero attached hydrogens (tertiary/aromatic N) is 5. The molecule has 0 unspecified atom stereocenters. The monoisotopic (exact) mass is 636 g/mol. The summed E-state index contributed by atoms with van der Waals surface area (Å²) < 4.78 is 18.2. The molecule has 8 rings (SSSR count). The Hall–Kier alpha value is -4.35. The van der Waals surface area contributed by atoms with Gasteiger partial charge in [0.2, 0.25) is 11.8 Å². The van der Waals surface area contributed by atoms with E-state index < -0.39 is 0 Å². The van der Waals surface area contributed by atoms with Crippen LogP contribution < -0.4 is 10.1 Å². The number of fused-ring (bicyclic) bond motifs is 4. The van der Waals surface area contributed by atoms with E-state index in [0.717, 1.165) is 113 Å². The summed E-state index contributed by atoms with van der Waals surface area (Å²) in [5, 5.41) is 13.3. The number of thiophene rings is 1. The summed E-state index contributed by atoms with van der Waals surface area (Å²) in [6.45, 7) is 4.75. The van der Waals surface area contributed by atoms with E-state index >= 15 is 0 Å². The summed E-state index contributed by atoms with van der Waals surface area (Å²) in [5.74, 6) is 3.12. The number of hydrogen-bond acceptors (Lipinski definition) is 10. The summed E-state index contributed by atoms with van der Waals surface area (Å²) in [6, 6.07) is 12.2. The largest absolute Gasteiger partial charge is 0.497 e. The normalized spacial score (nSPS) is 17.9. The standard InChI is InChI=1S/C35H36N6O4S/c1-20-39-40-34(45-20)28-25(9-8-21-11-15-44-16-12-21)38-31-26-7-4-14-41(26)35(42)30(31)29(28)27-18-23-10-13-36-33(32(23)46-27)37-19-22-5-3-6-24(17-22)43-2/h3,5-6,10,13,17-18,21,26H,4,7-9,11-12,14-16,19H2,1-2H3,(H,36,37)/t26-/m0/s1. The van der Waals surface area contributed by atoms with Crippen LogP contribution >= 0.6 is 11.3 Å². The van der Waals surface area contributed by atoms with Gasteiger partial charge in [-0.2, -0.15) is 0 Å². The number of methoxy groups -OCH3 is 1. The van der Waals surface area contributed by atoms with E-state index in [9.17, 15) is 4.79 Å². The smallest absolute Gasteiger partial charge is 0.257 e. The van der Waals surface area contributed by atoms with Crippen LogP contribution in [0.15, 0.2) is 47.0 Å². The number of aromatic nitrogens is 4. The molecule has 1 N–H and O–H groups in total. The lowest BCUT2D eigenvalue weighted by Gasteiger charge is -2.22. The Morgan fingerprint density at radius 2 is 1.98 bits per heavy atom. The number of amides is 1. The van der Waals surface area contributed by atoms with Crippen LogP contribution in [0.2, 0.25) is 0 Å². The second kappa shape index (κ2) is 12.1. The van der Waals surface area contributed by atoms with Crippen LogP contribution in [0.1, 0.15) is 71.3 Å². The minimum absolute atomic E-state index is 0.0117. The average Bonchev–Trinajstić information content (AvgIpc) is 3.89. The summed E-state index contributed by atoms with van der Waals surface area (Å²) >= 11 is 1.63. The van der Waals surface area contributed by atoms with E-state index in [-0.39, 0.29) is 11.9 Å². The van der Waals surface area contributed by atoms with Gasteiger partial charge in [-0.1, -0.05) is 12.1 Å². The molecular weight excluding hydrogens is 600 g/mol. The van der Waals surface area contributed by atoms with Crippen molar-refractivity contribution in [3.63, 3.8) is 0 Å². The van der Waals surface area contributed by atoms with Crippen LogP contribution in [-0.4, -0.2) is 57.8 Å². The van der Waals surface area contributed by atoms with E-state index in [4.69, 9.17) is 23.9 Å². The van der Waals surface area contributed by atoms with Crippen molar-refractivity contribution in [3.8, 4) is 27.6 Å². The first-order chi connectivity index (χ1) is 22.6. The molecule has 3 aliphatic heterocycles. The fraction of sp³-hybridized carbons (Fsp3) is 0.400. The second-order valence-corrected chi connectivity index (χ2v) is 13.4. The molecule has 10 nitrogen and oxygen atoms in total. The molecule has 0 spiro atoms. The van der Waals surface area contributed by atoms with Gasteiger partial charge in [0.05, 0.1) is 40.4 Å². The highest BCUT2D eigenvalue weighted by Gasteiger charge is 2.45. The van der Waals surface area contributed by atoms with Crippen molar-refractivity contribution in [2.75, 3.05) is 32.2 Å². The number of ether oxygens (including phenoxy) is 2. The average molecular weight is 637 g/mol. The number of carbonyl (C=O) groups is 1. The third-order valence-electron chi connectivity index (χ3n) is 9.49. The topological polar surface area (TPSA) is 116 Å². The van der Waals surface area contributed by atoms with Gasteiger partial charge in [-0.15, -0.1) is 21.5 Å². The molecule has 0 aliphatic carbocycles. The van der Waals surface area contributed by atoms with Crippen molar-refractivity contribution < 1.29 is 18.7 Å². The van der Waals surface area contributed by atoms with Crippen molar-refractivity contribution in [2.24, 2.45) is 5.92 Å². The van der Waals surface area contributed by atoms with E-state index in [0.29, 0.717) is 29.8 Å². The predicted octanol–water partition coefficient (Wildman–Crippen LogP) is 6.99. The highest BCUT2D eigenvalue weighted by atomic mass is 32.1. The molecule has 4 aromatic heterocycles. The Labute approximate surface area is 271 Å². The molecule has 11 heteroatoms. The molecule has 236 valence electrons. The van der Waals surface area contributed by atoms with E-state index in [2.05, 4.69) is 27.6 Å². The molecule has 46 heavy (non-hydrogen) atoms. The van der Waals surface area contributed by atoms with Gasteiger partial charge in [-0.25, -0.2) is 4.98 Å². The van der Waals surface area contributed by atoms with Crippen LogP contribution in [0.3, 0.4) is 0 Å². The third kappa shape index (κ3) is 5.21. The van der Waals surface area contributed by atoms with Crippen LogP contribution in [0, 0.1) is 12.8 Å². The first-order valence-electron chi connectivity index (χ1n) is 16.1. The minimum atomic E-state index is 0.0117. The van der Waals surface area contributed by atoms with Crippen molar-refractivity contribution in [2.45, 2.75) is 58.0 Å². The zero-order chi connectivity index (χ0) is 31.2. The maximum Gasteiger partial charge on any atom is 0.257 e. The molecule has 2 saturated heterocycles. The lowest BCUT2D eigenvalue weighted by Crippen LogP contribution is -2.22. The van der Waals surface area contributed by atoms with Gasteiger partial charge in [0.15, 0.2) is 0 Å². The van der Waals surface area contributed by atoms with Crippen LogP contribution in [0.4, 0.5) is 5.82 Å². The Kier molecular flexibility index (Phi) is 7.65. The molecule has 1 amide bonds. The van der Waals surface area contributed by atoms with E-state index in [1.807, 2.05) is 35.4 Å². The summed E-state index contributed by atoms with van der Waals surface area (Å²) in [7, 11) is 1.67. The molecule has 1 aromatic carbocycles. The molecule has 2 fully saturated rings. The van der Waals surface area contributed by atoms with Crippen LogP contribution in [0.5, 0.6) is 5.75 Å². The molecule has 0 saturated carbocycles. The van der Waals surface area contributed by atoms with Gasteiger partial charge < -0.3 is 24.1 Å². The number of rotatable bonds is 9. The van der Waals surface area contributed by atoms with E-state index in [1.165, 1.54) is 0 Å². The molecule has 7 heterocycles. The van der Waals surface area contributed by atoms with Crippen LogP contribution in [0.25, 0.3) is 32.0 Å². The first-order valence-corrected chi connectivity index (χ1v) is 16.9. The van der Waals surface area contributed by atoms with Gasteiger partial charge >= 0.3 is 0 Å². The molecule has 1 atom stereocenters. The number of carbonyl (C=O) groups excluding carboxylic acids is 1. The number of anilines is 1. The molecule has 5 aromatic rings. The van der Waals surface area contributed by atoms with Gasteiger partial charge in [0, 0.05) is 49.9 Å². The van der Waals surface area contributed by atoms with Crippen molar-refractivity contribution in [3.05, 3.63) is 71.0 Å². The quantitative estimate of drug-likeness (QED) is 0.183. The van der Waals surface area contributed by atoms with E-state index in [1.54, 1.807) is 25.4 Å². The SMILES string of the molecule is COc1cccc(CNc2nccc3cc(-c4c5c(nc(CCC6CCOCC6)c4-c4nnc(C)o4)[C@@H]4CCCN4C5=O)sc23)c1. The van der Waals surface area contributed by atoms with Gasteiger partial charge in [-0.05, 0) is 79.7 Å². The van der Waals surface area contributed by atoms with Gasteiger partial charge in [-0.3, -0.25) is 9.78 Å². The Morgan fingerprint density at radius 1 is 1.09 bits per heavy atom. The first kappa shape index (κ1) is 29.1. The number of nitrogens with one attached hydrogen (secondary N) is 1. The number of hydrogen-bond donors (Lipinski definition) is 1. The Morgan fingerprint density at radius 3 is 2.80 bits per heavy atom. The summed E-state index contributed by atoms with van der Waals surface area (Å²) in [5.41, 5.74) is 5.23. The number of pyridine rings is 2. The maximum atomic E-state index is 14.1. The zero-order valence-corrected chi connectivity index (χ0v) is 26.9. The molecule has 0 radical (unpaired) electrons. The number of benzene rings is 1. The summed E-state index contributed by atoms with van der Waals surface area (Å²) in [6.07, 6.45) is 7.61. The Balaban J connectivity index is 1.26. The summed E-state index contributed by atoms with van der Waals surface area (Å²) in [4.78, 5) is 27.1. The lowest BCUT2D eigenvalue weighted by molar-refractivity contribution is 0.0639. The van der Waals surface area contributed by atoms with Gasteiger partial charge in [0.1, 0.15) is 11.6 Å². The highest BCUT2D eigenvalue weighted by Crippen LogP contribution is 2.50. The van der Waals surface area contributed by atoms with Gasteiger partial charge in [0.25, 0.3) is 5.91 Å². The molecule has 3 aliphatic rings. The minimum Gasteiger partial charge on any atom is -0.497 e. The van der Waals surface area contributed by atoms with Crippen molar-refractivity contribution >= 4 is 33.1 Å². The van der Waals surface area contributed by atoms with Crippen LogP contribution in [-0.2, 0) is 17.7 Å². The molecule has 0 bridgehead atoms. The fourth-order valence-electron chi connectivity index (χ4n) is 7.16. The number of aryl methyl sites for hydroxylation is 2. The third-order valence-corrected chi connectivity index (χ3v) is 10.7. The second-order valence-electron chi connectivity index (χ2n) is 12.3. The zero-order valence-electron chi connectivity index (χ0n) is 26.0. The van der Waals surface area contributed by atoms with Crippen molar-refractivity contribution in [1.29, 1.82) is 0 Å². The predicted molar refractivity (Wildman–Crippen MR) is 176 cm³/mol.